The number of hydrogen-bond donors (Lipinski definition) is 7. The van der Waals surface area contributed by atoms with Gasteiger partial charge in [0.2, 0.25) is 5.91 Å². The standard InChI is InChI=1S/C20H36N4O6/c1-11(2)8-13(17(21)27)23-18(28)20(30)9-14(16(26)15(25)10-20)24-19(29)22-12-6-4-3-5-7-12/h11-16,25-26,30H,3-10H2,1-2H3,(H2,21,27)(H,23,28)(H2,22,24,29). The molecule has 2 rings (SSSR count). The van der Waals surface area contributed by atoms with Crippen molar-refractivity contribution in [3.63, 3.8) is 0 Å². The van der Waals surface area contributed by atoms with Gasteiger partial charge in [0, 0.05) is 18.9 Å². The Morgan fingerprint density at radius 2 is 1.70 bits per heavy atom. The molecule has 10 nitrogen and oxygen atoms in total. The predicted octanol–water partition coefficient (Wildman–Crippen LogP) is -0.750. The van der Waals surface area contributed by atoms with Crippen molar-refractivity contribution in [2.24, 2.45) is 11.7 Å². The molecule has 0 aromatic rings. The first kappa shape index (κ1) is 24.4. The van der Waals surface area contributed by atoms with Gasteiger partial charge in [-0.2, -0.15) is 0 Å². The van der Waals surface area contributed by atoms with Gasteiger partial charge >= 0.3 is 6.03 Å². The lowest BCUT2D eigenvalue weighted by Gasteiger charge is -2.42. The molecule has 0 saturated heterocycles. The second-order valence-electron chi connectivity index (χ2n) is 9.11. The van der Waals surface area contributed by atoms with Crippen LogP contribution in [-0.4, -0.2) is 69.1 Å². The van der Waals surface area contributed by atoms with Gasteiger partial charge in [0.05, 0.1) is 12.1 Å². The molecule has 0 aliphatic heterocycles. The van der Waals surface area contributed by atoms with E-state index in [4.69, 9.17) is 5.73 Å². The Hall–Kier alpha value is -1.91. The molecule has 0 aromatic heterocycles. The Labute approximate surface area is 177 Å². The second-order valence-corrected chi connectivity index (χ2v) is 9.11. The highest BCUT2D eigenvalue weighted by Crippen LogP contribution is 2.30. The maximum absolute atomic E-state index is 12.7. The van der Waals surface area contributed by atoms with Crippen LogP contribution in [0.3, 0.4) is 0 Å². The quantitative estimate of drug-likeness (QED) is 0.281. The minimum Gasteiger partial charge on any atom is -0.390 e. The van der Waals surface area contributed by atoms with Crippen LogP contribution in [0.4, 0.5) is 4.79 Å². The maximum Gasteiger partial charge on any atom is 0.315 e. The van der Waals surface area contributed by atoms with Crippen LogP contribution in [-0.2, 0) is 9.59 Å². The van der Waals surface area contributed by atoms with Crippen molar-refractivity contribution in [3.8, 4) is 0 Å². The monoisotopic (exact) mass is 428 g/mol. The fourth-order valence-electron chi connectivity index (χ4n) is 4.28. The van der Waals surface area contributed by atoms with Crippen LogP contribution in [0.25, 0.3) is 0 Å². The molecule has 2 aliphatic rings. The van der Waals surface area contributed by atoms with E-state index in [0.29, 0.717) is 6.42 Å². The molecule has 2 fully saturated rings. The van der Waals surface area contributed by atoms with Crippen molar-refractivity contribution in [3.05, 3.63) is 0 Å². The van der Waals surface area contributed by atoms with Crippen molar-refractivity contribution >= 4 is 17.8 Å². The summed E-state index contributed by atoms with van der Waals surface area (Å²) in [7, 11) is 0. The molecule has 5 atom stereocenters. The third-order valence-corrected chi connectivity index (χ3v) is 5.95. The van der Waals surface area contributed by atoms with Crippen molar-refractivity contribution in [1.82, 2.24) is 16.0 Å². The number of primary amides is 1. The second kappa shape index (κ2) is 10.4. The molecule has 5 unspecified atom stereocenters. The first-order chi connectivity index (χ1) is 14.0. The van der Waals surface area contributed by atoms with Gasteiger partial charge in [-0.05, 0) is 25.2 Å². The normalized spacial score (nSPS) is 31.1. The lowest BCUT2D eigenvalue weighted by atomic mass is 9.77. The molecule has 0 radical (unpaired) electrons. The molecule has 0 aromatic carbocycles. The molecular formula is C20H36N4O6. The maximum atomic E-state index is 12.7. The highest BCUT2D eigenvalue weighted by Gasteiger charge is 2.49. The SMILES string of the molecule is CC(C)CC(NC(=O)C1(O)CC(O)C(O)C(NC(=O)NC2CCCCC2)C1)C(N)=O. The number of aliphatic hydroxyl groups excluding tert-OH is 2. The summed E-state index contributed by atoms with van der Waals surface area (Å²) in [5.74, 6) is -1.51. The lowest BCUT2D eigenvalue weighted by Crippen LogP contribution is -2.65. The molecule has 10 heteroatoms. The fourth-order valence-corrected chi connectivity index (χ4v) is 4.28. The number of carbonyl (C=O) groups is 3. The molecule has 4 amide bonds. The van der Waals surface area contributed by atoms with E-state index in [2.05, 4.69) is 16.0 Å². The minimum absolute atomic E-state index is 0.0407. The van der Waals surface area contributed by atoms with Crippen molar-refractivity contribution in [1.29, 1.82) is 0 Å². The van der Waals surface area contributed by atoms with Gasteiger partial charge < -0.3 is 37.0 Å². The van der Waals surface area contributed by atoms with E-state index in [1.165, 1.54) is 0 Å². The number of amides is 4. The van der Waals surface area contributed by atoms with Crippen LogP contribution in [0.1, 0.15) is 65.2 Å². The van der Waals surface area contributed by atoms with E-state index in [9.17, 15) is 29.7 Å². The highest BCUT2D eigenvalue weighted by molar-refractivity contribution is 5.91. The number of hydrogen-bond acceptors (Lipinski definition) is 6. The van der Waals surface area contributed by atoms with Gasteiger partial charge in [-0.25, -0.2) is 4.79 Å². The zero-order valence-electron chi connectivity index (χ0n) is 17.8. The summed E-state index contributed by atoms with van der Waals surface area (Å²) in [5, 5.41) is 39.2. The zero-order chi connectivity index (χ0) is 22.5. The summed E-state index contributed by atoms with van der Waals surface area (Å²) in [4.78, 5) is 36.7. The molecule has 0 heterocycles. The number of rotatable bonds is 7. The number of urea groups is 1. The van der Waals surface area contributed by atoms with Gasteiger partial charge in [-0.1, -0.05) is 33.1 Å². The predicted molar refractivity (Wildman–Crippen MR) is 109 cm³/mol. The first-order valence-corrected chi connectivity index (χ1v) is 10.8. The minimum atomic E-state index is -2.06. The topological polar surface area (TPSA) is 174 Å². The largest absolute Gasteiger partial charge is 0.390 e. The Balaban J connectivity index is 2.02. The summed E-state index contributed by atoms with van der Waals surface area (Å²) < 4.78 is 0. The molecule has 172 valence electrons. The fraction of sp³-hybridized carbons (Fsp3) is 0.850. The average molecular weight is 429 g/mol. The van der Waals surface area contributed by atoms with E-state index in [1.54, 1.807) is 0 Å². The van der Waals surface area contributed by atoms with Gasteiger partial charge in [0.15, 0.2) is 0 Å². The van der Waals surface area contributed by atoms with Crippen LogP contribution in [0, 0.1) is 5.92 Å². The summed E-state index contributed by atoms with van der Waals surface area (Å²) in [6, 6.07) is -2.48. The van der Waals surface area contributed by atoms with E-state index in [1.807, 2.05) is 13.8 Å². The molecule has 8 N–H and O–H groups in total. The van der Waals surface area contributed by atoms with Gasteiger partial charge in [-0.15, -0.1) is 0 Å². The average Bonchev–Trinajstić information content (AvgIpc) is 2.65. The summed E-state index contributed by atoms with van der Waals surface area (Å²) in [5.41, 5.74) is 3.28. The van der Waals surface area contributed by atoms with Gasteiger partial charge in [0.25, 0.3) is 5.91 Å². The van der Waals surface area contributed by atoms with Crippen LogP contribution in [0.5, 0.6) is 0 Å². The van der Waals surface area contributed by atoms with E-state index in [-0.39, 0.29) is 18.4 Å². The Morgan fingerprint density at radius 3 is 2.27 bits per heavy atom. The number of aliphatic hydroxyl groups is 3. The molecule has 2 aliphatic carbocycles. The number of carbonyl (C=O) groups excluding carboxylic acids is 3. The number of nitrogens with two attached hydrogens (primary N) is 1. The smallest absolute Gasteiger partial charge is 0.315 e. The first-order valence-electron chi connectivity index (χ1n) is 10.8. The van der Waals surface area contributed by atoms with Crippen LogP contribution in [0.15, 0.2) is 0 Å². The molecule has 0 bridgehead atoms. The molecule has 30 heavy (non-hydrogen) atoms. The van der Waals surface area contributed by atoms with E-state index < -0.39 is 54.2 Å². The number of nitrogens with one attached hydrogen (secondary N) is 3. The molecular weight excluding hydrogens is 392 g/mol. The van der Waals surface area contributed by atoms with Crippen molar-refractivity contribution < 1.29 is 29.7 Å². The van der Waals surface area contributed by atoms with E-state index >= 15 is 0 Å². The third-order valence-electron chi connectivity index (χ3n) is 5.95. The van der Waals surface area contributed by atoms with Gasteiger partial charge in [-0.3, -0.25) is 9.59 Å². The summed E-state index contributed by atoms with van der Waals surface area (Å²) in [6.07, 6.45) is 1.77. The van der Waals surface area contributed by atoms with E-state index in [0.717, 1.165) is 32.1 Å². The van der Waals surface area contributed by atoms with Crippen LogP contribution >= 0.6 is 0 Å². The molecule has 0 spiro atoms. The lowest BCUT2D eigenvalue weighted by molar-refractivity contribution is -0.159. The van der Waals surface area contributed by atoms with Crippen molar-refractivity contribution in [2.75, 3.05) is 0 Å². The zero-order valence-corrected chi connectivity index (χ0v) is 17.8. The molecule has 2 saturated carbocycles. The van der Waals surface area contributed by atoms with Crippen LogP contribution < -0.4 is 21.7 Å². The Kier molecular flexibility index (Phi) is 8.45. The highest BCUT2D eigenvalue weighted by atomic mass is 16.3. The van der Waals surface area contributed by atoms with Crippen LogP contribution in [0.2, 0.25) is 0 Å². The van der Waals surface area contributed by atoms with Crippen molar-refractivity contribution in [2.45, 2.75) is 101 Å². The third kappa shape index (κ3) is 6.55. The Morgan fingerprint density at radius 1 is 1.07 bits per heavy atom. The Bertz CT molecular complexity index is 624. The summed E-state index contributed by atoms with van der Waals surface area (Å²) >= 11 is 0. The van der Waals surface area contributed by atoms with Gasteiger partial charge in [0.1, 0.15) is 17.7 Å². The summed E-state index contributed by atoms with van der Waals surface area (Å²) in [6.45, 7) is 3.73.